The van der Waals surface area contributed by atoms with Crippen LogP contribution in [0.25, 0.3) is 0 Å². The van der Waals surface area contributed by atoms with Gasteiger partial charge in [-0.05, 0) is 31.1 Å². The predicted molar refractivity (Wildman–Crippen MR) is 80.0 cm³/mol. The molecular formula is C15H26N4. The van der Waals surface area contributed by atoms with Crippen molar-refractivity contribution in [3.8, 4) is 0 Å². The molecule has 1 aliphatic carbocycles. The number of nitrogens with zero attached hydrogens (tertiary/aromatic N) is 2. The zero-order chi connectivity index (χ0) is 13.8. The standard InChI is InChI=1S/C15H26N4/c1-4-6-14-18-13(16)9-15(19-14)17-12-8-7-11(5-2)10(12)3/h9-12H,4-8H2,1-3H3,(H3,16,17,18,19). The van der Waals surface area contributed by atoms with Gasteiger partial charge in [-0.15, -0.1) is 0 Å². The third-order valence-electron chi connectivity index (χ3n) is 4.35. The van der Waals surface area contributed by atoms with Crippen molar-refractivity contribution in [3.63, 3.8) is 0 Å². The molecule has 0 amide bonds. The molecule has 1 saturated carbocycles. The minimum Gasteiger partial charge on any atom is -0.384 e. The number of aryl methyl sites for hydroxylation is 1. The number of hydrogen-bond acceptors (Lipinski definition) is 4. The number of anilines is 2. The highest BCUT2D eigenvalue weighted by Crippen LogP contribution is 2.35. The molecule has 1 fully saturated rings. The maximum Gasteiger partial charge on any atom is 0.133 e. The summed E-state index contributed by atoms with van der Waals surface area (Å²) in [6.07, 6.45) is 5.74. The van der Waals surface area contributed by atoms with Gasteiger partial charge in [0.2, 0.25) is 0 Å². The topological polar surface area (TPSA) is 63.8 Å². The van der Waals surface area contributed by atoms with Gasteiger partial charge in [-0.2, -0.15) is 0 Å². The second-order valence-electron chi connectivity index (χ2n) is 5.70. The fourth-order valence-corrected chi connectivity index (χ4v) is 3.14. The van der Waals surface area contributed by atoms with Crippen LogP contribution in [0.1, 0.15) is 52.3 Å². The average Bonchev–Trinajstić information content (AvgIpc) is 2.70. The third-order valence-corrected chi connectivity index (χ3v) is 4.35. The minimum atomic E-state index is 0.522. The highest BCUT2D eigenvalue weighted by atomic mass is 15.1. The number of nitrogens with two attached hydrogens (primary N) is 1. The molecule has 0 spiro atoms. The molecule has 3 unspecified atom stereocenters. The molecule has 3 N–H and O–H groups in total. The van der Waals surface area contributed by atoms with E-state index in [1.165, 1.54) is 19.3 Å². The number of nitrogens with one attached hydrogen (secondary N) is 1. The van der Waals surface area contributed by atoms with Gasteiger partial charge in [0.1, 0.15) is 17.5 Å². The second-order valence-corrected chi connectivity index (χ2v) is 5.70. The van der Waals surface area contributed by atoms with Crippen molar-refractivity contribution in [1.82, 2.24) is 9.97 Å². The monoisotopic (exact) mass is 262 g/mol. The van der Waals surface area contributed by atoms with Gasteiger partial charge in [0, 0.05) is 18.5 Å². The highest BCUT2D eigenvalue weighted by molar-refractivity contribution is 5.45. The Morgan fingerprint density at radius 2 is 2.11 bits per heavy atom. The first kappa shape index (κ1) is 14.1. The van der Waals surface area contributed by atoms with E-state index in [4.69, 9.17) is 5.73 Å². The maximum absolute atomic E-state index is 5.86. The first-order valence-corrected chi connectivity index (χ1v) is 7.54. The summed E-state index contributed by atoms with van der Waals surface area (Å²) < 4.78 is 0. The van der Waals surface area contributed by atoms with Crippen molar-refractivity contribution in [1.29, 1.82) is 0 Å². The van der Waals surface area contributed by atoms with Crippen molar-refractivity contribution in [2.24, 2.45) is 11.8 Å². The average molecular weight is 262 g/mol. The van der Waals surface area contributed by atoms with Crippen molar-refractivity contribution in [3.05, 3.63) is 11.9 Å². The molecule has 1 aromatic rings. The Balaban J connectivity index is 2.06. The van der Waals surface area contributed by atoms with E-state index in [1.54, 1.807) is 0 Å². The third kappa shape index (κ3) is 3.37. The molecule has 4 nitrogen and oxygen atoms in total. The Hall–Kier alpha value is -1.32. The van der Waals surface area contributed by atoms with Crippen LogP contribution in [0.5, 0.6) is 0 Å². The molecule has 106 valence electrons. The number of rotatable bonds is 5. The smallest absolute Gasteiger partial charge is 0.133 e. The summed E-state index contributed by atoms with van der Waals surface area (Å²) in [7, 11) is 0. The summed E-state index contributed by atoms with van der Waals surface area (Å²) in [5.41, 5.74) is 5.86. The molecule has 3 atom stereocenters. The molecule has 0 saturated heterocycles. The van der Waals surface area contributed by atoms with E-state index in [9.17, 15) is 0 Å². The predicted octanol–water partition coefficient (Wildman–Crippen LogP) is 3.25. The molecule has 19 heavy (non-hydrogen) atoms. The summed E-state index contributed by atoms with van der Waals surface area (Å²) in [5, 5.41) is 3.56. The maximum atomic E-state index is 5.86. The SMILES string of the molecule is CCCc1nc(N)cc(NC2CCC(CC)C2C)n1. The van der Waals surface area contributed by atoms with E-state index in [0.717, 1.165) is 30.4 Å². The van der Waals surface area contributed by atoms with E-state index in [2.05, 4.69) is 36.1 Å². The molecule has 0 radical (unpaired) electrons. The first-order chi connectivity index (χ1) is 9.13. The van der Waals surface area contributed by atoms with Gasteiger partial charge < -0.3 is 11.1 Å². The largest absolute Gasteiger partial charge is 0.384 e. The highest BCUT2D eigenvalue weighted by Gasteiger charge is 2.31. The van der Waals surface area contributed by atoms with E-state index in [0.29, 0.717) is 17.8 Å². The van der Waals surface area contributed by atoms with Crippen LogP contribution in [0.2, 0.25) is 0 Å². The molecule has 1 aliphatic rings. The van der Waals surface area contributed by atoms with Gasteiger partial charge in [0.25, 0.3) is 0 Å². The Labute approximate surface area is 116 Å². The first-order valence-electron chi connectivity index (χ1n) is 7.54. The van der Waals surface area contributed by atoms with Crippen molar-refractivity contribution < 1.29 is 0 Å². The van der Waals surface area contributed by atoms with E-state index < -0.39 is 0 Å². The Morgan fingerprint density at radius 1 is 1.32 bits per heavy atom. The van der Waals surface area contributed by atoms with Crippen molar-refractivity contribution in [2.75, 3.05) is 11.1 Å². The fourth-order valence-electron chi connectivity index (χ4n) is 3.14. The lowest BCUT2D eigenvalue weighted by atomic mass is 9.93. The molecule has 1 aromatic heterocycles. The number of nitrogen functional groups attached to an aromatic ring is 1. The lowest BCUT2D eigenvalue weighted by Crippen LogP contribution is -2.25. The second kappa shape index (κ2) is 6.22. The minimum absolute atomic E-state index is 0.522. The molecular weight excluding hydrogens is 236 g/mol. The van der Waals surface area contributed by atoms with E-state index >= 15 is 0 Å². The van der Waals surface area contributed by atoms with Crippen LogP contribution in [0.3, 0.4) is 0 Å². The lowest BCUT2D eigenvalue weighted by Gasteiger charge is -2.21. The summed E-state index contributed by atoms with van der Waals surface area (Å²) in [6, 6.07) is 2.37. The van der Waals surface area contributed by atoms with Crippen molar-refractivity contribution in [2.45, 2.75) is 58.9 Å². The quantitative estimate of drug-likeness (QED) is 0.855. The van der Waals surface area contributed by atoms with E-state index in [-0.39, 0.29) is 0 Å². The van der Waals surface area contributed by atoms with Gasteiger partial charge in [-0.25, -0.2) is 9.97 Å². The van der Waals surface area contributed by atoms with Crippen LogP contribution in [-0.4, -0.2) is 16.0 Å². The van der Waals surface area contributed by atoms with Gasteiger partial charge in [0.05, 0.1) is 0 Å². The van der Waals surface area contributed by atoms with Crippen LogP contribution in [0.15, 0.2) is 6.07 Å². The van der Waals surface area contributed by atoms with Crippen LogP contribution in [0.4, 0.5) is 11.6 Å². The molecule has 4 heteroatoms. The fraction of sp³-hybridized carbons (Fsp3) is 0.733. The van der Waals surface area contributed by atoms with Gasteiger partial charge in [0.15, 0.2) is 0 Å². The zero-order valence-electron chi connectivity index (χ0n) is 12.3. The molecule has 0 bridgehead atoms. The normalized spacial score (nSPS) is 26.6. The lowest BCUT2D eigenvalue weighted by molar-refractivity contribution is 0.391. The van der Waals surface area contributed by atoms with Crippen LogP contribution in [-0.2, 0) is 6.42 Å². The Morgan fingerprint density at radius 3 is 2.74 bits per heavy atom. The molecule has 0 aromatic carbocycles. The Bertz CT molecular complexity index is 419. The summed E-state index contributed by atoms with van der Waals surface area (Å²) in [6.45, 7) is 6.76. The summed E-state index contributed by atoms with van der Waals surface area (Å²) in [5.74, 6) is 3.86. The zero-order valence-corrected chi connectivity index (χ0v) is 12.3. The molecule has 1 heterocycles. The van der Waals surface area contributed by atoms with Gasteiger partial charge in [-0.3, -0.25) is 0 Å². The van der Waals surface area contributed by atoms with Crippen molar-refractivity contribution >= 4 is 11.6 Å². The summed E-state index contributed by atoms with van der Waals surface area (Å²) >= 11 is 0. The Kier molecular flexibility index (Phi) is 4.61. The van der Waals surface area contributed by atoms with E-state index in [1.807, 2.05) is 6.07 Å². The van der Waals surface area contributed by atoms with Gasteiger partial charge in [-0.1, -0.05) is 27.2 Å². The number of hydrogen-bond donors (Lipinski definition) is 2. The molecule has 0 aliphatic heterocycles. The van der Waals surface area contributed by atoms with Gasteiger partial charge >= 0.3 is 0 Å². The van der Waals surface area contributed by atoms with Crippen LogP contribution < -0.4 is 11.1 Å². The summed E-state index contributed by atoms with van der Waals surface area (Å²) in [4.78, 5) is 8.84. The van der Waals surface area contributed by atoms with Crippen LogP contribution in [0, 0.1) is 11.8 Å². The number of aromatic nitrogens is 2. The molecule has 2 rings (SSSR count). The van der Waals surface area contributed by atoms with Crippen LogP contribution >= 0.6 is 0 Å².